The molecule has 0 saturated heterocycles. The predicted octanol–water partition coefficient (Wildman–Crippen LogP) is 3.59. The molecule has 25 heavy (non-hydrogen) atoms. The number of halogens is 3. The van der Waals surface area contributed by atoms with Crippen LogP contribution in [-0.4, -0.2) is 20.1 Å². The average Bonchev–Trinajstić information content (AvgIpc) is 2.59. The molecule has 2 N–H and O–H groups in total. The van der Waals surface area contributed by atoms with Gasteiger partial charge in [-0.25, -0.2) is 8.78 Å². The minimum atomic E-state index is -0.468. The molecule has 0 aliphatic carbocycles. The highest BCUT2D eigenvalue weighted by Gasteiger charge is 2.06. The van der Waals surface area contributed by atoms with Crippen LogP contribution in [0.2, 0.25) is 0 Å². The van der Waals surface area contributed by atoms with Crippen molar-refractivity contribution >= 4 is 29.9 Å². The van der Waals surface area contributed by atoms with Gasteiger partial charge in [0.25, 0.3) is 0 Å². The zero-order valence-corrected chi connectivity index (χ0v) is 16.5. The largest absolute Gasteiger partial charge is 0.380 e. The Hall–Kier alpha value is -1.74. The third-order valence-corrected chi connectivity index (χ3v) is 3.54. The summed E-state index contributed by atoms with van der Waals surface area (Å²) in [6.45, 7) is 1.21. The molecule has 0 atom stereocenters. The molecule has 2 rings (SSSR count). The molecule has 0 bridgehead atoms. The van der Waals surface area contributed by atoms with Gasteiger partial charge in [-0.15, -0.1) is 24.0 Å². The molecule has 2 aromatic carbocycles. The van der Waals surface area contributed by atoms with Crippen molar-refractivity contribution in [2.24, 2.45) is 4.99 Å². The molecule has 0 fully saturated rings. The van der Waals surface area contributed by atoms with Gasteiger partial charge in [-0.2, -0.15) is 0 Å². The fourth-order valence-corrected chi connectivity index (χ4v) is 2.28. The van der Waals surface area contributed by atoms with E-state index in [1.165, 1.54) is 6.07 Å². The molecule has 0 heterocycles. The highest BCUT2D eigenvalue weighted by Crippen LogP contribution is 2.10. The number of hydrogen-bond donors (Lipinski definition) is 2. The first kappa shape index (κ1) is 21.3. The van der Waals surface area contributed by atoms with Gasteiger partial charge in [0.1, 0.15) is 11.6 Å². The minimum Gasteiger partial charge on any atom is -0.380 e. The van der Waals surface area contributed by atoms with E-state index in [0.29, 0.717) is 19.1 Å². The van der Waals surface area contributed by atoms with E-state index in [4.69, 9.17) is 4.74 Å². The van der Waals surface area contributed by atoms with Crippen LogP contribution in [0.25, 0.3) is 0 Å². The lowest BCUT2D eigenvalue weighted by Crippen LogP contribution is -2.36. The zero-order chi connectivity index (χ0) is 17.4. The fourth-order valence-electron chi connectivity index (χ4n) is 2.28. The summed E-state index contributed by atoms with van der Waals surface area (Å²) in [5.74, 6) is -0.416. The summed E-state index contributed by atoms with van der Waals surface area (Å²) in [7, 11) is 3.27. The summed E-state index contributed by atoms with van der Waals surface area (Å²) in [6.07, 6.45) is 0. The van der Waals surface area contributed by atoms with E-state index in [2.05, 4.69) is 15.6 Å². The van der Waals surface area contributed by atoms with Crippen molar-refractivity contribution in [2.45, 2.75) is 19.7 Å². The maximum Gasteiger partial charge on any atom is 0.191 e. The quantitative estimate of drug-likeness (QED) is 0.393. The number of benzene rings is 2. The molecule has 0 aromatic heterocycles. The first-order valence-electron chi connectivity index (χ1n) is 7.58. The summed E-state index contributed by atoms with van der Waals surface area (Å²) in [6, 6.07) is 11.3. The van der Waals surface area contributed by atoms with E-state index < -0.39 is 11.6 Å². The summed E-state index contributed by atoms with van der Waals surface area (Å²) in [5, 5.41) is 6.13. The molecular formula is C18H22F2IN3O. The highest BCUT2D eigenvalue weighted by atomic mass is 127. The van der Waals surface area contributed by atoms with Crippen molar-refractivity contribution in [1.29, 1.82) is 0 Å². The molecule has 136 valence electrons. The van der Waals surface area contributed by atoms with Gasteiger partial charge in [-0.3, -0.25) is 4.99 Å². The van der Waals surface area contributed by atoms with Gasteiger partial charge in [-0.1, -0.05) is 24.3 Å². The number of hydrogen-bond acceptors (Lipinski definition) is 2. The van der Waals surface area contributed by atoms with Crippen LogP contribution in [-0.2, 0) is 24.4 Å². The second kappa shape index (κ2) is 11.0. The van der Waals surface area contributed by atoms with E-state index in [1.807, 2.05) is 24.3 Å². The van der Waals surface area contributed by atoms with Gasteiger partial charge in [0.2, 0.25) is 0 Å². The second-order valence-electron chi connectivity index (χ2n) is 5.22. The van der Waals surface area contributed by atoms with Gasteiger partial charge < -0.3 is 15.4 Å². The lowest BCUT2D eigenvalue weighted by atomic mass is 10.1. The normalized spacial score (nSPS) is 11.0. The van der Waals surface area contributed by atoms with E-state index in [1.54, 1.807) is 14.2 Å². The van der Waals surface area contributed by atoms with Crippen LogP contribution in [0.15, 0.2) is 47.5 Å². The molecule has 0 unspecified atom stereocenters. The predicted molar refractivity (Wildman–Crippen MR) is 106 cm³/mol. The highest BCUT2D eigenvalue weighted by molar-refractivity contribution is 14.0. The molecule has 0 aliphatic heterocycles. The Balaban J connectivity index is 0.00000312. The Kier molecular flexibility index (Phi) is 9.36. The average molecular weight is 461 g/mol. The lowest BCUT2D eigenvalue weighted by molar-refractivity contribution is 0.184. The van der Waals surface area contributed by atoms with Crippen molar-refractivity contribution in [3.63, 3.8) is 0 Å². The summed E-state index contributed by atoms with van der Waals surface area (Å²) < 4.78 is 32.0. The molecule has 0 saturated carbocycles. The standard InChI is InChI=1S/C18H21F2N3O.HI/c1-21-18(23-11-15-9-16(19)7-8-17(15)20)22-10-13-5-3-4-6-14(13)12-24-2;/h3-9H,10-12H2,1-2H3,(H2,21,22,23);1H. The van der Waals surface area contributed by atoms with Crippen molar-refractivity contribution in [3.8, 4) is 0 Å². The lowest BCUT2D eigenvalue weighted by Gasteiger charge is -2.14. The third-order valence-electron chi connectivity index (χ3n) is 3.54. The molecule has 0 amide bonds. The van der Waals surface area contributed by atoms with Gasteiger partial charge >= 0.3 is 0 Å². The monoisotopic (exact) mass is 461 g/mol. The number of ether oxygens (including phenoxy) is 1. The van der Waals surface area contributed by atoms with Gasteiger partial charge in [0.05, 0.1) is 6.61 Å². The summed E-state index contributed by atoms with van der Waals surface area (Å²) >= 11 is 0. The first-order chi connectivity index (χ1) is 11.6. The second-order valence-corrected chi connectivity index (χ2v) is 5.22. The molecule has 7 heteroatoms. The zero-order valence-electron chi connectivity index (χ0n) is 14.2. The smallest absolute Gasteiger partial charge is 0.191 e. The molecule has 0 radical (unpaired) electrons. The maximum absolute atomic E-state index is 13.6. The molecular weight excluding hydrogens is 439 g/mol. The molecule has 0 spiro atoms. The molecule has 4 nitrogen and oxygen atoms in total. The minimum absolute atomic E-state index is 0. The van der Waals surface area contributed by atoms with E-state index in [0.717, 1.165) is 23.3 Å². The van der Waals surface area contributed by atoms with E-state index in [9.17, 15) is 8.78 Å². The molecule has 0 aliphatic rings. The maximum atomic E-state index is 13.6. The van der Waals surface area contributed by atoms with Crippen LogP contribution in [0.4, 0.5) is 8.78 Å². The van der Waals surface area contributed by atoms with E-state index in [-0.39, 0.29) is 36.1 Å². The number of rotatable bonds is 6. The van der Waals surface area contributed by atoms with Crippen LogP contribution in [0, 0.1) is 11.6 Å². The Labute approximate surface area is 163 Å². The Morgan fingerprint density at radius 3 is 2.28 bits per heavy atom. The number of guanidine groups is 1. The van der Waals surface area contributed by atoms with Crippen LogP contribution >= 0.6 is 24.0 Å². The first-order valence-corrected chi connectivity index (χ1v) is 7.58. The summed E-state index contributed by atoms with van der Waals surface area (Å²) in [4.78, 5) is 4.09. The Morgan fingerprint density at radius 1 is 1.00 bits per heavy atom. The third kappa shape index (κ3) is 6.58. The Bertz CT molecular complexity index is 710. The number of methoxy groups -OCH3 is 1. The van der Waals surface area contributed by atoms with Gasteiger partial charge in [0, 0.05) is 32.8 Å². The number of nitrogens with zero attached hydrogens (tertiary/aromatic N) is 1. The van der Waals surface area contributed by atoms with Crippen molar-refractivity contribution in [3.05, 3.63) is 70.8 Å². The van der Waals surface area contributed by atoms with Crippen molar-refractivity contribution < 1.29 is 13.5 Å². The van der Waals surface area contributed by atoms with Gasteiger partial charge in [-0.05, 0) is 29.3 Å². The molecule has 2 aromatic rings. The van der Waals surface area contributed by atoms with Crippen LogP contribution in [0.1, 0.15) is 16.7 Å². The van der Waals surface area contributed by atoms with Crippen LogP contribution in [0.3, 0.4) is 0 Å². The van der Waals surface area contributed by atoms with Crippen LogP contribution < -0.4 is 10.6 Å². The van der Waals surface area contributed by atoms with Gasteiger partial charge in [0.15, 0.2) is 5.96 Å². The van der Waals surface area contributed by atoms with Crippen LogP contribution in [0.5, 0.6) is 0 Å². The number of aliphatic imine (C=N–C) groups is 1. The van der Waals surface area contributed by atoms with Crippen molar-refractivity contribution in [2.75, 3.05) is 14.2 Å². The van der Waals surface area contributed by atoms with E-state index >= 15 is 0 Å². The van der Waals surface area contributed by atoms with Crippen molar-refractivity contribution in [1.82, 2.24) is 10.6 Å². The fraction of sp³-hybridized carbons (Fsp3) is 0.278. The SMILES string of the molecule is CN=C(NCc1cc(F)ccc1F)NCc1ccccc1COC.I. The summed E-state index contributed by atoms with van der Waals surface area (Å²) in [5.41, 5.74) is 2.41. The Morgan fingerprint density at radius 2 is 1.64 bits per heavy atom. The number of nitrogens with one attached hydrogen (secondary N) is 2. The topological polar surface area (TPSA) is 45.7 Å².